The van der Waals surface area contributed by atoms with Crippen molar-refractivity contribution in [2.24, 2.45) is 0 Å². The Balaban J connectivity index is 0.00000132. The van der Waals surface area contributed by atoms with Crippen LogP contribution in [0.3, 0.4) is 0 Å². The van der Waals surface area contributed by atoms with E-state index in [-0.39, 0.29) is 36.8 Å². The zero-order valence-corrected chi connectivity index (χ0v) is 15.3. The zero-order chi connectivity index (χ0) is 14.7. The van der Waals surface area contributed by atoms with Gasteiger partial charge < -0.3 is 15.5 Å². The Labute approximate surface area is 151 Å². The normalized spacial score (nSPS) is 20.4. The quantitative estimate of drug-likeness (QED) is 0.871. The van der Waals surface area contributed by atoms with Crippen LogP contribution in [0.5, 0.6) is 0 Å². The number of amides is 1. The van der Waals surface area contributed by atoms with Gasteiger partial charge in [-0.05, 0) is 51.3 Å². The molecule has 2 saturated heterocycles. The van der Waals surface area contributed by atoms with Crippen molar-refractivity contribution >= 4 is 36.4 Å². The van der Waals surface area contributed by atoms with Gasteiger partial charge in [-0.3, -0.25) is 4.79 Å². The molecule has 2 N–H and O–H groups in total. The molecule has 0 bridgehead atoms. The average molecular weight is 360 g/mol. The highest BCUT2D eigenvalue weighted by molar-refractivity contribution is 6.00. The summed E-state index contributed by atoms with van der Waals surface area (Å²) in [6.07, 6.45) is 4.66. The first kappa shape index (κ1) is 20.1. The third kappa shape index (κ3) is 5.00. The number of anilines is 1. The minimum Gasteiger partial charge on any atom is -0.371 e. The number of carbonyl (C=O) groups excluding carboxylic acids is 1. The van der Waals surface area contributed by atoms with Crippen LogP contribution in [0.2, 0.25) is 0 Å². The topological polar surface area (TPSA) is 44.4 Å². The van der Waals surface area contributed by atoms with Gasteiger partial charge in [0, 0.05) is 31.4 Å². The van der Waals surface area contributed by atoms with Crippen molar-refractivity contribution in [2.75, 3.05) is 31.1 Å². The molecule has 0 spiro atoms. The number of piperidine rings is 1. The lowest BCUT2D eigenvalue weighted by Gasteiger charge is -2.26. The molecule has 1 aromatic carbocycles. The van der Waals surface area contributed by atoms with E-state index >= 15 is 0 Å². The standard InChI is InChI=1S/C17H25N3O.2ClH/c1-13-6-7-16(20-9-2-3-10-20)15(11-13)17(21)19-14-5-4-8-18-12-14;;/h6-7,11,14,18H,2-5,8-10,12H2,1H3,(H,19,21);2*1H. The van der Waals surface area contributed by atoms with Gasteiger partial charge in [-0.25, -0.2) is 0 Å². The summed E-state index contributed by atoms with van der Waals surface area (Å²) in [5, 5.41) is 6.55. The lowest BCUT2D eigenvalue weighted by molar-refractivity contribution is 0.0931. The number of nitrogens with zero attached hydrogens (tertiary/aromatic N) is 1. The molecule has 1 aromatic rings. The minimum atomic E-state index is 0. The number of aryl methyl sites for hydroxylation is 1. The third-order valence-corrected chi connectivity index (χ3v) is 4.48. The van der Waals surface area contributed by atoms with E-state index in [4.69, 9.17) is 0 Å². The van der Waals surface area contributed by atoms with Gasteiger partial charge in [-0.1, -0.05) is 11.6 Å². The van der Waals surface area contributed by atoms with Crippen molar-refractivity contribution in [3.63, 3.8) is 0 Å². The molecular formula is C17H27Cl2N3O. The Morgan fingerprint density at radius 2 is 1.96 bits per heavy atom. The highest BCUT2D eigenvalue weighted by Gasteiger charge is 2.22. The van der Waals surface area contributed by atoms with Crippen LogP contribution in [0.15, 0.2) is 18.2 Å². The molecule has 0 saturated carbocycles. The second-order valence-corrected chi connectivity index (χ2v) is 6.23. The average Bonchev–Trinajstić information content (AvgIpc) is 3.02. The maximum atomic E-state index is 12.7. The first-order valence-corrected chi connectivity index (χ1v) is 8.11. The van der Waals surface area contributed by atoms with Crippen LogP contribution in [-0.2, 0) is 0 Å². The molecule has 4 nitrogen and oxygen atoms in total. The maximum absolute atomic E-state index is 12.7. The molecule has 1 atom stereocenters. The van der Waals surface area contributed by atoms with Crippen molar-refractivity contribution in [3.8, 4) is 0 Å². The maximum Gasteiger partial charge on any atom is 0.253 e. The molecule has 2 heterocycles. The van der Waals surface area contributed by atoms with Gasteiger partial charge in [0.25, 0.3) is 5.91 Å². The third-order valence-electron chi connectivity index (χ3n) is 4.48. The number of benzene rings is 1. The Kier molecular flexibility index (Phi) is 8.17. The fourth-order valence-electron chi connectivity index (χ4n) is 3.30. The van der Waals surface area contributed by atoms with Crippen molar-refractivity contribution in [1.82, 2.24) is 10.6 Å². The summed E-state index contributed by atoms with van der Waals surface area (Å²) in [4.78, 5) is 15.0. The second kappa shape index (κ2) is 9.36. The van der Waals surface area contributed by atoms with Gasteiger partial charge >= 0.3 is 0 Å². The number of halogens is 2. The molecule has 2 aliphatic heterocycles. The van der Waals surface area contributed by atoms with E-state index in [0.717, 1.165) is 55.8 Å². The number of hydrogen-bond donors (Lipinski definition) is 2. The van der Waals surface area contributed by atoms with Crippen LogP contribution in [0.1, 0.15) is 41.6 Å². The van der Waals surface area contributed by atoms with Crippen molar-refractivity contribution in [3.05, 3.63) is 29.3 Å². The molecular weight excluding hydrogens is 333 g/mol. The number of nitrogens with one attached hydrogen (secondary N) is 2. The minimum absolute atomic E-state index is 0. The van der Waals surface area contributed by atoms with Gasteiger partial charge in [0.15, 0.2) is 0 Å². The fourth-order valence-corrected chi connectivity index (χ4v) is 3.30. The Morgan fingerprint density at radius 1 is 1.22 bits per heavy atom. The van der Waals surface area contributed by atoms with Gasteiger partial charge in [0.2, 0.25) is 0 Å². The molecule has 2 aliphatic rings. The summed E-state index contributed by atoms with van der Waals surface area (Å²) < 4.78 is 0. The molecule has 0 radical (unpaired) electrons. The van der Waals surface area contributed by atoms with Crippen LogP contribution in [0.25, 0.3) is 0 Å². The van der Waals surface area contributed by atoms with E-state index < -0.39 is 0 Å². The highest BCUT2D eigenvalue weighted by atomic mass is 35.5. The van der Waals surface area contributed by atoms with Gasteiger partial charge in [-0.15, -0.1) is 24.8 Å². The van der Waals surface area contributed by atoms with Crippen molar-refractivity contribution in [1.29, 1.82) is 0 Å². The van der Waals surface area contributed by atoms with E-state index in [0.29, 0.717) is 0 Å². The van der Waals surface area contributed by atoms with Crippen LogP contribution in [-0.4, -0.2) is 38.1 Å². The lowest BCUT2D eigenvalue weighted by Crippen LogP contribution is -2.45. The molecule has 0 aliphatic carbocycles. The molecule has 0 aromatic heterocycles. The Bertz CT molecular complexity index is 513. The van der Waals surface area contributed by atoms with Gasteiger partial charge in [-0.2, -0.15) is 0 Å². The first-order valence-electron chi connectivity index (χ1n) is 8.11. The molecule has 3 rings (SSSR count). The Morgan fingerprint density at radius 3 is 2.61 bits per heavy atom. The van der Waals surface area contributed by atoms with Gasteiger partial charge in [0.1, 0.15) is 0 Å². The van der Waals surface area contributed by atoms with Crippen LogP contribution >= 0.6 is 24.8 Å². The van der Waals surface area contributed by atoms with E-state index in [2.05, 4.69) is 27.7 Å². The van der Waals surface area contributed by atoms with E-state index in [1.54, 1.807) is 0 Å². The van der Waals surface area contributed by atoms with Gasteiger partial charge in [0.05, 0.1) is 5.56 Å². The van der Waals surface area contributed by atoms with Crippen LogP contribution in [0, 0.1) is 6.92 Å². The summed E-state index contributed by atoms with van der Waals surface area (Å²) in [5.74, 6) is 0.0781. The molecule has 23 heavy (non-hydrogen) atoms. The lowest BCUT2D eigenvalue weighted by atomic mass is 10.0. The van der Waals surface area contributed by atoms with Crippen LogP contribution < -0.4 is 15.5 Å². The zero-order valence-electron chi connectivity index (χ0n) is 13.6. The van der Waals surface area contributed by atoms with Crippen molar-refractivity contribution in [2.45, 2.75) is 38.6 Å². The summed E-state index contributed by atoms with van der Waals surface area (Å²) in [5.41, 5.74) is 3.08. The monoisotopic (exact) mass is 359 g/mol. The smallest absolute Gasteiger partial charge is 0.253 e. The SMILES string of the molecule is Cc1ccc(N2CCCC2)c(C(=O)NC2CCCNC2)c1.Cl.Cl. The fraction of sp³-hybridized carbons (Fsp3) is 0.588. The highest BCUT2D eigenvalue weighted by Crippen LogP contribution is 2.26. The summed E-state index contributed by atoms with van der Waals surface area (Å²) in [6, 6.07) is 6.50. The number of hydrogen-bond acceptors (Lipinski definition) is 3. The Hall–Kier alpha value is -0.970. The van der Waals surface area contributed by atoms with E-state index in [1.807, 2.05) is 13.0 Å². The first-order chi connectivity index (χ1) is 10.2. The molecule has 6 heteroatoms. The summed E-state index contributed by atoms with van der Waals surface area (Å²) in [6.45, 7) is 6.13. The summed E-state index contributed by atoms with van der Waals surface area (Å²) in [7, 11) is 0. The number of rotatable bonds is 3. The second-order valence-electron chi connectivity index (χ2n) is 6.23. The van der Waals surface area contributed by atoms with E-state index in [9.17, 15) is 4.79 Å². The summed E-state index contributed by atoms with van der Waals surface area (Å²) >= 11 is 0. The number of carbonyl (C=O) groups is 1. The predicted octanol–water partition coefficient (Wildman–Crippen LogP) is 2.92. The largest absolute Gasteiger partial charge is 0.371 e. The van der Waals surface area contributed by atoms with E-state index in [1.165, 1.54) is 12.8 Å². The molecule has 2 fully saturated rings. The molecule has 130 valence electrons. The van der Waals surface area contributed by atoms with Crippen LogP contribution in [0.4, 0.5) is 5.69 Å². The molecule has 1 unspecified atom stereocenters. The van der Waals surface area contributed by atoms with Crippen molar-refractivity contribution < 1.29 is 4.79 Å². The molecule has 1 amide bonds. The predicted molar refractivity (Wildman–Crippen MR) is 100 cm³/mol.